The van der Waals surface area contributed by atoms with Crippen LogP contribution in [0, 0.1) is 13.8 Å². The zero-order chi connectivity index (χ0) is 24.6. The summed E-state index contributed by atoms with van der Waals surface area (Å²) >= 11 is 0. The fourth-order valence-corrected chi connectivity index (χ4v) is 4.29. The highest BCUT2D eigenvalue weighted by molar-refractivity contribution is 5.84. The minimum absolute atomic E-state index is 0.277. The van der Waals surface area contributed by atoms with E-state index in [2.05, 4.69) is 39.5 Å². The molecule has 0 saturated heterocycles. The third kappa shape index (κ3) is 4.91. The molecular formula is C27H22F3N3O2. The van der Waals surface area contributed by atoms with Crippen molar-refractivity contribution in [3.05, 3.63) is 88.5 Å². The summed E-state index contributed by atoms with van der Waals surface area (Å²) in [6, 6.07) is 17.8. The molecule has 4 aromatic rings. The van der Waals surface area contributed by atoms with E-state index in [0.717, 1.165) is 45.6 Å². The summed E-state index contributed by atoms with van der Waals surface area (Å²) in [5, 5.41) is 8.65. The number of rotatable bonds is 5. The molecule has 1 aliphatic carbocycles. The number of hydrogen-bond acceptors (Lipinski definition) is 5. The zero-order valence-corrected chi connectivity index (χ0v) is 19.1. The summed E-state index contributed by atoms with van der Waals surface area (Å²) in [6.07, 6.45) is -1.44. The Balaban J connectivity index is 1.34. The van der Waals surface area contributed by atoms with Crippen LogP contribution in [0.2, 0.25) is 0 Å². The molecule has 3 aromatic carbocycles. The summed E-state index contributed by atoms with van der Waals surface area (Å²) in [5.41, 5.74) is 11.8. The topological polar surface area (TPSA) is 59.7 Å². The van der Waals surface area contributed by atoms with E-state index in [1.54, 1.807) is 18.3 Å². The third-order valence-electron chi connectivity index (χ3n) is 5.95. The van der Waals surface area contributed by atoms with E-state index in [0.29, 0.717) is 17.7 Å². The minimum Gasteiger partial charge on any atom is -0.406 e. The number of hydrazone groups is 1. The SMILES string of the molecule is Cc1ccc(N/N=C/c2ccc3c(c2)CCc2c-3noc2-c2ccc(OC(F)(F)F)cc2)c(C)c1. The molecule has 35 heavy (non-hydrogen) atoms. The number of alkyl halides is 3. The number of aryl methyl sites for hydroxylation is 3. The molecule has 0 bridgehead atoms. The lowest BCUT2D eigenvalue weighted by Gasteiger charge is -2.16. The second kappa shape index (κ2) is 8.94. The van der Waals surface area contributed by atoms with Crippen molar-refractivity contribution in [3.8, 4) is 28.3 Å². The molecule has 1 aromatic heterocycles. The highest BCUT2D eigenvalue weighted by Crippen LogP contribution is 2.39. The van der Waals surface area contributed by atoms with Gasteiger partial charge in [-0.25, -0.2) is 0 Å². The highest BCUT2D eigenvalue weighted by Gasteiger charge is 2.31. The van der Waals surface area contributed by atoms with Crippen LogP contribution in [-0.4, -0.2) is 17.7 Å². The van der Waals surface area contributed by atoms with Crippen LogP contribution in [-0.2, 0) is 12.8 Å². The maximum absolute atomic E-state index is 12.4. The molecule has 1 aliphatic rings. The van der Waals surface area contributed by atoms with Gasteiger partial charge in [0.2, 0.25) is 0 Å². The van der Waals surface area contributed by atoms with Gasteiger partial charge >= 0.3 is 6.36 Å². The predicted molar refractivity (Wildman–Crippen MR) is 129 cm³/mol. The Bertz CT molecular complexity index is 1410. The quantitative estimate of drug-likeness (QED) is 0.247. The first kappa shape index (κ1) is 22.7. The van der Waals surface area contributed by atoms with E-state index < -0.39 is 6.36 Å². The molecule has 5 rings (SSSR count). The van der Waals surface area contributed by atoms with E-state index in [-0.39, 0.29) is 5.75 Å². The van der Waals surface area contributed by atoms with E-state index >= 15 is 0 Å². The first-order chi connectivity index (χ1) is 16.8. The van der Waals surface area contributed by atoms with Crippen LogP contribution in [0.15, 0.2) is 70.3 Å². The average molecular weight is 477 g/mol. The van der Waals surface area contributed by atoms with Gasteiger partial charge in [-0.1, -0.05) is 35.0 Å². The number of nitrogens with zero attached hydrogens (tertiary/aromatic N) is 2. The Kier molecular flexibility index (Phi) is 5.80. The molecule has 0 aliphatic heterocycles. The van der Waals surface area contributed by atoms with Crippen LogP contribution in [0.4, 0.5) is 18.9 Å². The lowest BCUT2D eigenvalue weighted by molar-refractivity contribution is -0.274. The number of benzene rings is 3. The van der Waals surface area contributed by atoms with E-state index in [1.807, 2.05) is 31.2 Å². The molecule has 0 atom stereocenters. The predicted octanol–water partition coefficient (Wildman–Crippen LogP) is 7.07. The summed E-state index contributed by atoms with van der Waals surface area (Å²) in [6.45, 7) is 4.10. The number of ether oxygens (including phenoxy) is 1. The maximum Gasteiger partial charge on any atom is 0.573 e. The summed E-state index contributed by atoms with van der Waals surface area (Å²) in [4.78, 5) is 0. The summed E-state index contributed by atoms with van der Waals surface area (Å²) in [7, 11) is 0. The number of anilines is 1. The van der Waals surface area contributed by atoms with Crippen molar-refractivity contribution in [1.82, 2.24) is 5.16 Å². The van der Waals surface area contributed by atoms with Crippen LogP contribution in [0.3, 0.4) is 0 Å². The molecule has 1 heterocycles. The summed E-state index contributed by atoms with van der Waals surface area (Å²) < 4.78 is 46.8. The van der Waals surface area contributed by atoms with Gasteiger partial charge < -0.3 is 9.26 Å². The standard InChI is InChI=1S/C27H22F3N3O2/c1-16-3-12-24(17(2)13-16)32-31-15-18-4-10-22-20(14-18)7-11-23-25(22)33-35-26(23)19-5-8-21(9-6-19)34-27(28,29)30/h3-6,8-10,12-15,32H,7,11H2,1-2H3/b31-15+. The summed E-state index contributed by atoms with van der Waals surface area (Å²) in [5.74, 6) is 0.286. The van der Waals surface area contributed by atoms with Gasteiger partial charge in [0.05, 0.1) is 11.9 Å². The van der Waals surface area contributed by atoms with Crippen molar-refractivity contribution < 1.29 is 22.4 Å². The van der Waals surface area contributed by atoms with Crippen molar-refractivity contribution in [3.63, 3.8) is 0 Å². The van der Waals surface area contributed by atoms with Crippen molar-refractivity contribution in [2.75, 3.05) is 5.43 Å². The Labute approximate surface area is 200 Å². The van der Waals surface area contributed by atoms with Gasteiger partial charge in [0.1, 0.15) is 11.4 Å². The second-order valence-corrected chi connectivity index (χ2v) is 8.52. The molecule has 0 spiro atoms. The molecular weight excluding hydrogens is 455 g/mol. The molecule has 0 fully saturated rings. The maximum atomic E-state index is 12.4. The Morgan fingerprint density at radius 3 is 2.54 bits per heavy atom. The fourth-order valence-electron chi connectivity index (χ4n) is 4.29. The van der Waals surface area contributed by atoms with Crippen LogP contribution in [0.5, 0.6) is 5.75 Å². The van der Waals surface area contributed by atoms with Gasteiger partial charge in [-0.3, -0.25) is 5.43 Å². The van der Waals surface area contributed by atoms with Crippen LogP contribution in [0.25, 0.3) is 22.6 Å². The van der Waals surface area contributed by atoms with Crippen LogP contribution >= 0.6 is 0 Å². The van der Waals surface area contributed by atoms with Crippen LogP contribution < -0.4 is 10.2 Å². The normalized spacial score (nSPS) is 12.9. The molecule has 0 unspecified atom stereocenters. The number of hydrogen-bond donors (Lipinski definition) is 1. The fraction of sp³-hybridized carbons (Fsp3) is 0.185. The first-order valence-electron chi connectivity index (χ1n) is 11.1. The number of nitrogens with one attached hydrogen (secondary N) is 1. The van der Waals surface area contributed by atoms with Gasteiger partial charge in [0.15, 0.2) is 5.76 Å². The lowest BCUT2D eigenvalue weighted by Crippen LogP contribution is -2.16. The number of fused-ring (bicyclic) bond motifs is 3. The highest BCUT2D eigenvalue weighted by atomic mass is 19.4. The van der Waals surface area contributed by atoms with Gasteiger partial charge in [-0.05, 0) is 79.8 Å². The molecule has 8 heteroatoms. The number of aromatic nitrogens is 1. The molecule has 0 saturated carbocycles. The van der Waals surface area contributed by atoms with Crippen molar-refractivity contribution >= 4 is 11.9 Å². The second-order valence-electron chi connectivity index (χ2n) is 8.52. The molecule has 178 valence electrons. The van der Waals surface area contributed by atoms with E-state index in [1.165, 1.54) is 17.7 Å². The zero-order valence-electron chi connectivity index (χ0n) is 19.1. The minimum atomic E-state index is -4.73. The first-order valence-corrected chi connectivity index (χ1v) is 11.1. The number of halogens is 3. The smallest absolute Gasteiger partial charge is 0.406 e. The van der Waals surface area contributed by atoms with E-state index in [9.17, 15) is 13.2 Å². The Hall–Kier alpha value is -4.07. The van der Waals surface area contributed by atoms with E-state index in [4.69, 9.17) is 4.52 Å². The Morgan fingerprint density at radius 1 is 1.00 bits per heavy atom. The van der Waals surface area contributed by atoms with Gasteiger partial charge in [0, 0.05) is 16.7 Å². The molecule has 1 N–H and O–H groups in total. The monoisotopic (exact) mass is 477 g/mol. The lowest BCUT2D eigenvalue weighted by atomic mass is 9.87. The molecule has 0 amide bonds. The van der Waals surface area contributed by atoms with Crippen LogP contribution in [0.1, 0.15) is 27.8 Å². The Morgan fingerprint density at radius 2 is 1.80 bits per heavy atom. The van der Waals surface area contributed by atoms with Crippen molar-refractivity contribution in [2.45, 2.75) is 33.1 Å². The van der Waals surface area contributed by atoms with Crippen molar-refractivity contribution in [1.29, 1.82) is 0 Å². The molecule has 5 nitrogen and oxygen atoms in total. The van der Waals surface area contributed by atoms with Gasteiger partial charge in [0.25, 0.3) is 0 Å². The third-order valence-corrected chi connectivity index (χ3v) is 5.95. The van der Waals surface area contributed by atoms with Gasteiger partial charge in [-0.15, -0.1) is 13.2 Å². The largest absolute Gasteiger partial charge is 0.573 e. The van der Waals surface area contributed by atoms with Gasteiger partial charge in [-0.2, -0.15) is 5.10 Å². The average Bonchev–Trinajstić information content (AvgIpc) is 3.24. The molecule has 0 radical (unpaired) electrons. The van der Waals surface area contributed by atoms with Crippen molar-refractivity contribution in [2.24, 2.45) is 5.10 Å².